The molecule has 0 aliphatic carbocycles. The number of halogens is 15. The third-order valence-corrected chi connectivity index (χ3v) is 11.7. The second-order valence-corrected chi connectivity index (χ2v) is 13.0. The van der Waals surface area contributed by atoms with Crippen molar-refractivity contribution in [2.75, 3.05) is 0 Å². The zero-order valence-electron chi connectivity index (χ0n) is 20.9. The van der Waals surface area contributed by atoms with Gasteiger partial charge < -0.3 is 0 Å². The summed E-state index contributed by atoms with van der Waals surface area (Å²) >= 11 is 0. The van der Waals surface area contributed by atoms with Crippen molar-refractivity contribution in [1.82, 2.24) is 0 Å². The van der Waals surface area contributed by atoms with Crippen molar-refractivity contribution in [2.24, 2.45) is 0 Å². The minimum absolute atomic E-state index is 0.0703. The van der Waals surface area contributed by atoms with Crippen LogP contribution in [0.2, 0.25) is 6.04 Å². The second kappa shape index (κ2) is 11.3. The van der Waals surface area contributed by atoms with Gasteiger partial charge in [-0.15, -0.1) is 0 Å². The Balaban J connectivity index is 2.37. The summed E-state index contributed by atoms with van der Waals surface area (Å²) in [4.78, 5) is 0. The third kappa shape index (κ3) is 4.75. The Bertz CT molecular complexity index is 1530. The molecule has 0 amide bonds. The molecule has 0 aromatic heterocycles. The van der Waals surface area contributed by atoms with Crippen LogP contribution in [0, 0.1) is 94.2 Å². The lowest BCUT2D eigenvalue weighted by Gasteiger charge is -2.35. The summed E-state index contributed by atoms with van der Waals surface area (Å²) in [6.45, 7) is 1.54. The molecule has 0 unspecified atom stereocenters. The Hall–Kier alpha value is -3.95. The van der Waals surface area contributed by atoms with E-state index in [-0.39, 0.29) is 5.56 Å². The minimum atomic E-state index is -6.83. The van der Waals surface area contributed by atoms with Crippen molar-refractivity contribution in [3.8, 4) is 0 Å². The van der Waals surface area contributed by atoms with Crippen molar-refractivity contribution in [3.05, 3.63) is 123 Å². The predicted octanol–water partition coefficient (Wildman–Crippen LogP) is 6.79. The lowest BCUT2D eigenvalue weighted by Crippen LogP contribution is -2.73. The van der Waals surface area contributed by atoms with Gasteiger partial charge in [0.2, 0.25) is 17.5 Å². The Morgan fingerprint density at radius 3 is 0.860 bits per heavy atom. The number of hydrogen-bond donors (Lipinski definition) is 0. The molecule has 4 aromatic carbocycles. The maximum absolute atomic E-state index is 15.4. The van der Waals surface area contributed by atoms with Crippen LogP contribution >= 0.6 is 0 Å². The topological polar surface area (TPSA) is 0 Å². The molecule has 0 bridgehead atoms. The first-order chi connectivity index (χ1) is 20.0. The van der Waals surface area contributed by atoms with Crippen LogP contribution in [-0.4, -0.2) is 8.07 Å². The molecule has 0 fully saturated rings. The van der Waals surface area contributed by atoms with Gasteiger partial charge in [0.1, 0.15) is 0 Å². The van der Waals surface area contributed by atoms with Crippen LogP contribution in [0.4, 0.5) is 65.9 Å². The highest BCUT2D eigenvalue weighted by atomic mass is 28.3. The van der Waals surface area contributed by atoms with E-state index in [2.05, 4.69) is 0 Å². The Kier molecular flexibility index (Phi) is 8.38. The largest absolute Gasteiger partial charge is 0.204 e. The Morgan fingerprint density at radius 2 is 0.605 bits per heavy atom. The molecule has 0 N–H and O–H groups in total. The van der Waals surface area contributed by atoms with Crippen LogP contribution in [-0.2, 0) is 6.42 Å². The van der Waals surface area contributed by atoms with Crippen LogP contribution in [0.1, 0.15) is 11.1 Å². The monoisotopic (exact) mass is 648 g/mol. The molecule has 4 rings (SSSR count). The van der Waals surface area contributed by atoms with Crippen LogP contribution in [0.15, 0.2) is 24.3 Å². The smallest absolute Gasteiger partial charge is 0.200 e. The lowest BCUT2D eigenvalue weighted by atomic mass is 10.1. The SMILES string of the molecule is Cc1ccc(CC[Si](c2c(F)c(F)c(F)c(F)c2F)(c2c(F)c(F)c(F)c(F)c2F)c2c(F)c(F)c(F)c(F)c2F)cc1. The summed E-state index contributed by atoms with van der Waals surface area (Å²) < 4.78 is 222. The number of aryl methyl sites for hydroxylation is 2. The van der Waals surface area contributed by atoms with Gasteiger partial charge in [-0.05, 0) is 25.0 Å². The molecule has 0 saturated heterocycles. The summed E-state index contributed by atoms with van der Waals surface area (Å²) in [5.41, 5.74) is 0.477. The van der Waals surface area contributed by atoms with E-state index in [1.165, 1.54) is 24.3 Å². The van der Waals surface area contributed by atoms with Gasteiger partial charge >= 0.3 is 0 Å². The van der Waals surface area contributed by atoms with Crippen LogP contribution in [0.3, 0.4) is 0 Å². The molecule has 0 atom stereocenters. The molecule has 0 aliphatic rings. The highest BCUT2D eigenvalue weighted by Gasteiger charge is 2.55. The molecule has 0 heterocycles. The van der Waals surface area contributed by atoms with E-state index in [1.807, 2.05) is 0 Å². The fraction of sp³-hybridized carbons (Fsp3) is 0.111. The third-order valence-electron chi connectivity index (χ3n) is 6.82. The molecule has 0 saturated carbocycles. The molecule has 43 heavy (non-hydrogen) atoms. The Labute approximate surface area is 232 Å². The average molecular weight is 648 g/mol. The van der Waals surface area contributed by atoms with E-state index >= 15 is 26.3 Å². The molecule has 0 nitrogen and oxygen atoms in total. The van der Waals surface area contributed by atoms with Gasteiger partial charge in [0, 0.05) is 15.6 Å². The van der Waals surface area contributed by atoms with Crippen LogP contribution in [0.25, 0.3) is 0 Å². The highest BCUT2D eigenvalue weighted by Crippen LogP contribution is 2.30. The Morgan fingerprint density at radius 1 is 0.372 bits per heavy atom. The number of benzene rings is 4. The van der Waals surface area contributed by atoms with Crippen molar-refractivity contribution >= 4 is 23.6 Å². The lowest BCUT2D eigenvalue weighted by molar-refractivity contribution is 0.379. The fourth-order valence-corrected chi connectivity index (χ4v) is 9.85. The standard InChI is InChI=1S/C27H11F15Si/c1-8-2-4-9(5-3-8)6-7-43(25-19(37)13(31)10(28)14(32)20(25)38,26-21(39)15(33)11(29)16(34)22(26)40)27-23(41)17(35)12(30)18(36)24(27)42/h2-5H,6-7H2,1H3. The number of rotatable bonds is 6. The quantitative estimate of drug-likeness (QED) is 0.0711. The van der Waals surface area contributed by atoms with E-state index in [4.69, 9.17) is 0 Å². The van der Waals surface area contributed by atoms with Crippen LogP contribution < -0.4 is 15.6 Å². The summed E-state index contributed by atoms with van der Waals surface area (Å²) in [5.74, 6) is -44.6. The first-order valence-electron chi connectivity index (χ1n) is 11.6. The molecular formula is C27H11F15Si. The molecule has 0 radical (unpaired) electrons. The van der Waals surface area contributed by atoms with Gasteiger partial charge in [-0.25, -0.2) is 65.9 Å². The minimum Gasteiger partial charge on any atom is -0.204 e. The van der Waals surface area contributed by atoms with Gasteiger partial charge in [0.15, 0.2) is 77.9 Å². The summed E-state index contributed by atoms with van der Waals surface area (Å²) in [7, 11) is -6.83. The molecule has 228 valence electrons. The zero-order chi connectivity index (χ0) is 32.3. The van der Waals surface area contributed by atoms with Crippen molar-refractivity contribution in [3.63, 3.8) is 0 Å². The maximum Gasteiger partial charge on any atom is 0.200 e. The molecule has 0 aliphatic heterocycles. The average Bonchev–Trinajstić information content (AvgIpc) is 2.98. The van der Waals surface area contributed by atoms with Crippen LogP contribution in [0.5, 0.6) is 0 Å². The van der Waals surface area contributed by atoms with Gasteiger partial charge in [-0.1, -0.05) is 29.8 Å². The van der Waals surface area contributed by atoms with Gasteiger partial charge in [-0.2, -0.15) is 0 Å². The molecule has 0 spiro atoms. The van der Waals surface area contributed by atoms with E-state index < -0.39 is 123 Å². The van der Waals surface area contributed by atoms with Crippen molar-refractivity contribution in [1.29, 1.82) is 0 Å². The highest BCUT2D eigenvalue weighted by molar-refractivity contribution is 7.11. The van der Waals surface area contributed by atoms with Crippen molar-refractivity contribution < 1.29 is 65.9 Å². The first-order valence-corrected chi connectivity index (χ1v) is 13.8. The number of hydrogen-bond acceptors (Lipinski definition) is 0. The van der Waals surface area contributed by atoms with Gasteiger partial charge in [-0.3, -0.25) is 0 Å². The first kappa shape index (κ1) is 32.0. The molecular weight excluding hydrogens is 637 g/mol. The second-order valence-electron chi connectivity index (χ2n) is 9.23. The maximum atomic E-state index is 15.4. The molecule has 16 heteroatoms. The van der Waals surface area contributed by atoms with Crippen molar-refractivity contribution in [2.45, 2.75) is 19.4 Å². The van der Waals surface area contributed by atoms with E-state index in [0.717, 1.165) is 0 Å². The normalized spacial score (nSPS) is 11.9. The van der Waals surface area contributed by atoms with Gasteiger partial charge in [0.25, 0.3) is 0 Å². The predicted molar refractivity (Wildman–Crippen MR) is 123 cm³/mol. The fourth-order valence-electron chi connectivity index (χ4n) is 4.78. The van der Waals surface area contributed by atoms with E-state index in [0.29, 0.717) is 5.56 Å². The molecule has 4 aromatic rings. The summed E-state index contributed by atoms with van der Waals surface area (Å²) in [5, 5.41) is -7.58. The zero-order valence-corrected chi connectivity index (χ0v) is 21.9. The van der Waals surface area contributed by atoms with E-state index in [1.54, 1.807) is 6.92 Å². The van der Waals surface area contributed by atoms with Gasteiger partial charge in [0.05, 0.1) is 0 Å². The van der Waals surface area contributed by atoms with E-state index in [9.17, 15) is 39.5 Å². The summed E-state index contributed by atoms with van der Waals surface area (Å²) in [6, 6.07) is 3.40. The summed E-state index contributed by atoms with van der Waals surface area (Å²) in [6.07, 6.45) is -0.939.